The fourth-order valence-electron chi connectivity index (χ4n) is 4.69. The molecular weight excluding hydrogens is 442 g/mol. The molecule has 6 N–H and O–H groups in total. The maximum Gasteiger partial charge on any atom is 0.166 e. The van der Waals surface area contributed by atoms with Gasteiger partial charge >= 0.3 is 0 Å². The third kappa shape index (κ3) is 5.19. The highest BCUT2D eigenvalue weighted by molar-refractivity contribution is 6.00. The maximum atomic E-state index is 7.62. The van der Waals surface area contributed by atoms with Gasteiger partial charge in [0.1, 0.15) is 0 Å². The molecule has 180 valence electrons. The average molecular weight is 475 g/mol. The van der Waals surface area contributed by atoms with Crippen LogP contribution >= 0.6 is 0 Å². The van der Waals surface area contributed by atoms with Crippen LogP contribution in [0.25, 0.3) is 21.5 Å². The fraction of sp³-hybridized carbons (Fsp3) is 0.161. The molecule has 0 amide bonds. The van der Waals surface area contributed by atoms with E-state index in [1.165, 1.54) is 27.8 Å². The lowest BCUT2D eigenvalue weighted by atomic mass is 10.0. The molecule has 0 saturated carbocycles. The second-order valence-corrected chi connectivity index (χ2v) is 9.10. The van der Waals surface area contributed by atoms with Crippen LogP contribution in [0.5, 0.6) is 0 Å². The Hall–Kier alpha value is -3.90. The Balaban J connectivity index is 1.39. The highest BCUT2D eigenvalue weighted by atomic mass is 15.2. The fourth-order valence-corrected chi connectivity index (χ4v) is 4.69. The van der Waals surface area contributed by atoms with Crippen molar-refractivity contribution >= 4 is 33.5 Å². The van der Waals surface area contributed by atoms with Crippen LogP contribution in [-0.2, 0) is 0 Å². The maximum absolute atomic E-state index is 7.62. The number of quaternary nitrogens is 1. The third-order valence-corrected chi connectivity index (χ3v) is 6.76. The molecule has 36 heavy (non-hydrogen) atoms. The topological polar surface area (TPSA) is 87.9 Å². The van der Waals surface area contributed by atoms with Crippen molar-refractivity contribution in [2.45, 2.75) is 25.3 Å². The van der Waals surface area contributed by atoms with Crippen molar-refractivity contribution in [1.82, 2.24) is 10.6 Å². The molecule has 5 nitrogen and oxygen atoms in total. The highest BCUT2D eigenvalue weighted by Crippen LogP contribution is 2.23. The normalized spacial score (nSPS) is 17.3. The molecule has 0 saturated heterocycles. The van der Waals surface area contributed by atoms with Crippen molar-refractivity contribution in [3.8, 4) is 0 Å². The Morgan fingerprint density at radius 1 is 0.917 bits per heavy atom. The van der Waals surface area contributed by atoms with E-state index in [4.69, 9.17) is 10.4 Å². The van der Waals surface area contributed by atoms with Crippen molar-refractivity contribution in [3.05, 3.63) is 120 Å². The summed E-state index contributed by atoms with van der Waals surface area (Å²) in [5.74, 6) is 0. The van der Waals surface area contributed by atoms with Gasteiger partial charge in [0.15, 0.2) is 6.17 Å². The van der Waals surface area contributed by atoms with E-state index < -0.39 is 0 Å². The molecule has 0 spiro atoms. The SMILES string of the molecule is C/C=C(\C=N)C1C=CC(CNC(NC([NH3+])c2ccc3ccccc3c2)c2ccc3ccccc3c2)=N1. The van der Waals surface area contributed by atoms with E-state index in [0.717, 1.165) is 22.4 Å². The van der Waals surface area contributed by atoms with Gasteiger partial charge in [-0.2, -0.15) is 0 Å². The molecule has 0 radical (unpaired) electrons. The first-order chi connectivity index (χ1) is 17.6. The third-order valence-electron chi connectivity index (χ3n) is 6.76. The van der Waals surface area contributed by atoms with Crippen LogP contribution in [0.15, 0.2) is 114 Å². The monoisotopic (exact) mass is 474 g/mol. The number of nitrogens with one attached hydrogen (secondary N) is 3. The zero-order valence-electron chi connectivity index (χ0n) is 20.5. The smallest absolute Gasteiger partial charge is 0.166 e. The minimum Gasteiger partial charge on any atom is -0.339 e. The summed E-state index contributed by atoms with van der Waals surface area (Å²) in [5, 5.41) is 19.9. The van der Waals surface area contributed by atoms with Gasteiger partial charge in [-0.1, -0.05) is 84.9 Å². The minimum atomic E-state index is -0.123. The number of nitrogens with zero attached hydrogens (tertiary/aromatic N) is 1. The summed E-state index contributed by atoms with van der Waals surface area (Å²) in [6, 6.07) is 29.8. The van der Waals surface area contributed by atoms with Gasteiger partial charge in [0.25, 0.3) is 0 Å². The zero-order valence-corrected chi connectivity index (χ0v) is 20.5. The molecule has 1 aliphatic rings. The lowest BCUT2D eigenvalue weighted by Gasteiger charge is -2.24. The van der Waals surface area contributed by atoms with Crippen molar-refractivity contribution in [2.24, 2.45) is 4.99 Å². The summed E-state index contributed by atoms with van der Waals surface area (Å²) in [4.78, 5) is 4.80. The molecule has 1 heterocycles. The first-order valence-corrected chi connectivity index (χ1v) is 12.4. The van der Waals surface area contributed by atoms with Crippen LogP contribution in [0.4, 0.5) is 0 Å². The number of hydrogen-bond acceptors (Lipinski definition) is 4. The number of benzene rings is 4. The standard InChI is InChI=1S/C31H31N5/c1-2-21(19-32)29-16-15-28(35-29)20-34-31(27-14-12-23-8-4-6-10-25(23)18-27)36-30(33)26-13-11-22-7-3-5-9-24(22)17-26/h2-19,29-32,34,36H,20,33H2,1H3/p+1/b21-2+,32-19?. The molecular formula is C31H32N5+. The van der Waals surface area contributed by atoms with Gasteiger partial charge < -0.3 is 11.1 Å². The molecule has 0 bridgehead atoms. The Bertz CT molecular complexity index is 1480. The summed E-state index contributed by atoms with van der Waals surface area (Å²) in [7, 11) is 0. The van der Waals surface area contributed by atoms with E-state index in [0.29, 0.717) is 6.54 Å². The van der Waals surface area contributed by atoms with E-state index in [1.54, 1.807) is 0 Å². The Morgan fingerprint density at radius 3 is 2.17 bits per heavy atom. The quantitative estimate of drug-likeness (QED) is 0.201. The number of rotatable bonds is 9. The van der Waals surface area contributed by atoms with Crippen LogP contribution in [0.2, 0.25) is 0 Å². The summed E-state index contributed by atoms with van der Waals surface area (Å²) in [5.41, 5.74) is 8.62. The van der Waals surface area contributed by atoms with Crippen LogP contribution in [-0.4, -0.2) is 24.5 Å². The van der Waals surface area contributed by atoms with Crippen LogP contribution in [0, 0.1) is 5.41 Å². The van der Waals surface area contributed by atoms with Crippen molar-refractivity contribution in [2.75, 3.05) is 6.54 Å². The van der Waals surface area contributed by atoms with Crippen LogP contribution in [0.1, 0.15) is 30.4 Å². The van der Waals surface area contributed by atoms with Gasteiger partial charge in [-0.05, 0) is 57.8 Å². The van der Waals surface area contributed by atoms with Crippen molar-refractivity contribution in [1.29, 1.82) is 5.41 Å². The molecule has 3 atom stereocenters. The van der Waals surface area contributed by atoms with Crippen LogP contribution in [0.3, 0.4) is 0 Å². The molecule has 0 aliphatic carbocycles. The Morgan fingerprint density at radius 2 is 1.53 bits per heavy atom. The molecule has 1 aliphatic heterocycles. The first-order valence-electron chi connectivity index (χ1n) is 12.4. The summed E-state index contributed by atoms with van der Waals surface area (Å²) < 4.78 is 0. The molecule has 4 aromatic rings. The number of allylic oxidation sites excluding steroid dienone is 1. The van der Waals surface area contributed by atoms with Gasteiger partial charge in [0.05, 0.1) is 12.2 Å². The van der Waals surface area contributed by atoms with Gasteiger partial charge in [-0.15, -0.1) is 0 Å². The van der Waals surface area contributed by atoms with E-state index in [1.807, 2.05) is 19.1 Å². The summed E-state index contributed by atoms with van der Waals surface area (Å²) >= 11 is 0. The highest BCUT2D eigenvalue weighted by Gasteiger charge is 2.20. The zero-order chi connectivity index (χ0) is 24.9. The first kappa shape index (κ1) is 23.8. The van der Waals surface area contributed by atoms with Gasteiger partial charge in [-0.25, -0.2) is 5.32 Å². The molecule has 0 fully saturated rings. The summed E-state index contributed by atoms with van der Waals surface area (Å²) in [6.07, 6.45) is 7.19. The molecule has 3 unspecified atom stereocenters. The van der Waals surface area contributed by atoms with E-state index in [-0.39, 0.29) is 18.4 Å². The molecule has 5 rings (SSSR count). The molecule has 0 aromatic heterocycles. The van der Waals surface area contributed by atoms with E-state index in [9.17, 15) is 0 Å². The molecule has 4 aromatic carbocycles. The second kappa shape index (κ2) is 10.8. The Labute approximate surface area is 212 Å². The lowest BCUT2D eigenvalue weighted by molar-refractivity contribution is -0.438. The largest absolute Gasteiger partial charge is 0.339 e. The van der Waals surface area contributed by atoms with Crippen molar-refractivity contribution in [3.63, 3.8) is 0 Å². The number of hydrogen-bond donors (Lipinski definition) is 4. The molecule has 5 heteroatoms. The van der Waals surface area contributed by atoms with Crippen LogP contribution < -0.4 is 16.4 Å². The second-order valence-electron chi connectivity index (χ2n) is 9.10. The van der Waals surface area contributed by atoms with Gasteiger partial charge in [0.2, 0.25) is 0 Å². The predicted octanol–water partition coefficient (Wildman–Crippen LogP) is 5.09. The Kier molecular flexibility index (Phi) is 7.14. The number of fused-ring (bicyclic) bond motifs is 2. The summed E-state index contributed by atoms with van der Waals surface area (Å²) in [6.45, 7) is 2.55. The average Bonchev–Trinajstić information content (AvgIpc) is 3.39. The van der Waals surface area contributed by atoms with Gasteiger partial charge in [0, 0.05) is 24.0 Å². The van der Waals surface area contributed by atoms with E-state index in [2.05, 4.69) is 107 Å². The minimum absolute atomic E-state index is 0.0745. The van der Waals surface area contributed by atoms with E-state index >= 15 is 0 Å². The lowest BCUT2D eigenvalue weighted by Crippen LogP contribution is -2.62. The van der Waals surface area contributed by atoms with Crippen molar-refractivity contribution < 1.29 is 5.73 Å². The number of aliphatic imine (C=N–C) groups is 1. The van der Waals surface area contributed by atoms with Gasteiger partial charge in [-0.3, -0.25) is 10.3 Å². The predicted molar refractivity (Wildman–Crippen MR) is 150 cm³/mol.